The highest BCUT2D eigenvalue weighted by atomic mass is 16.3. The SMILES string of the molecule is Cc1cc2n(n1)[C@H](c1ccc(O)c(O)c1)Nc1ccccc1-2. The molecular formula is C17H15N3O2. The van der Waals surface area contributed by atoms with E-state index in [0.717, 1.165) is 28.2 Å². The predicted molar refractivity (Wildman–Crippen MR) is 83.9 cm³/mol. The van der Waals surface area contributed by atoms with Gasteiger partial charge in [-0.2, -0.15) is 5.10 Å². The number of aryl methyl sites for hydroxylation is 1. The van der Waals surface area contributed by atoms with Crippen molar-refractivity contribution in [3.8, 4) is 22.8 Å². The van der Waals surface area contributed by atoms with E-state index < -0.39 is 0 Å². The molecule has 5 heteroatoms. The zero-order valence-electron chi connectivity index (χ0n) is 12.0. The van der Waals surface area contributed by atoms with Gasteiger partial charge in [0, 0.05) is 16.8 Å². The molecule has 1 aliphatic heterocycles. The molecule has 3 aromatic rings. The number of phenolic OH excluding ortho intramolecular Hbond substituents is 2. The van der Waals surface area contributed by atoms with E-state index in [4.69, 9.17) is 0 Å². The zero-order valence-corrected chi connectivity index (χ0v) is 12.0. The van der Waals surface area contributed by atoms with Crippen molar-refractivity contribution in [2.75, 3.05) is 5.32 Å². The first-order chi connectivity index (χ1) is 10.6. The third-order valence-corrected chi connectivity index (χ3v) is 3.91. The van der Waals surface area contributed by atoms with Gasteiger partial charge in [0.25, 0.3) is 0 Å². The van der Waals surface area contributed by atoms with Crippen LogP contribution in [0, 0.1) is 6.92 Å². The number of aromatic nitrogens is 2. The Hall–Kier alpha value is -2.95. The molecule has 0 bridgehead atoms. The van der Waals surface area contributed by atoms with Gasteiger partial charge in [0.05, 0.1) is 11.4 Å². The Labute approximate surface area is 127 Å². The minimum absolute atomic E-state index is 0.128. The highest BCUT2D eigenvalue weighted by molar-refractivity contribution is 5.78. The Morgan fingerprint density at radius 3 is 2.68 bits per heavy atom. The summed E-state index contributed by atoms with van der Waals surface area (Å²) in [6, 6.07) is 14.9. The molecule has 0 saturated carbocycles. The Morgan fingerprint density at radius 2 is 1.86 bits per heavy atom. The van der Waals surface area contributed by atoms with Crippen molar-refractivity contribution in [2.45, 2.75) is 13.1 Å². The van der Waals surface area contributed by atoms with E-state index in [1.165, 1.54) is 6.07 Å². The summed E-state index contributed by atoms with van der Waals surface area (Å²) in [6.45, 7) is 1.96. The molecule has 0 aliphatic carbocycles. The lowest BCUT2D eigenvalue weighted by Crippen LogP contribution is -2.25. The van der Waals surface area contributed by atoms with Gasteiger partial charge in [0.2, 0.25) is 0 Å². The van der Waals surface area contributed by atoms with Crippen molar-refractivity contribution in [1.29, 1.82) is 0 Å². The van der Waals surface area contributed by atoms with Gasteiger partial charge in [0.15, 0.2) is 11.5 Å². The van der Waals surface area contributed by atoms with Crippen LogP contribution in [0.4, 0.5) is 5.69 Å². The Balaban J connectivity index is 1.90. The topological polar surface area (TPSA) is 70.3 Å². The van der Waals surface area contributed by atoms with Gasteiger partial charge in [-0.25, -0.2) is 4.68 Å². The second-order valence-corrected chi connectivity index (χ2v) is 5.46. The quantitative estimate of drug-likeness (QED) is 0.602. The maximum absolute atomic E-state index is 9.77. The van der Waals surface area contributed by atoms with Crippen LogP contribution < -0.4 is 5.32 Å². The van der Waals surface area contributed by atoms with Gasteiger partial charge in [-0.3, -0.25) is 0 Å². The maximum Gasteiger partial charge on any atom is 0.157 e. The molecule has 1 aromatic heterocycles. The summed E-state index contributed by atoms with van der Waals surface area (Å²) in [4.78, 5) is 0. The van der Waals surface area contributed by atoms with Crippen molar-refractivity contribution < 1.29 is 10.2 Å². The molecule has 4 rings (SSSR count). The number of fused-ring (bicyclic) bond motifs is 3. The molecule has 2 aromatic carbocycles. The Morgan fingerprint density at radius 1 is 1.05 bits per heavy atom. The number of para-hydroxylation sites is 1. The van der Waals surface area contributed by atoms with Crippen LogP contribution in [0.5, 0.6) is 11.5 Å². The van der Waals surface area contributed by atoms with Gasteiger partial charge in [-0.1, -0.05) is 24.3 Å². The number of phenols is 2. The van der Waals surface area contributed by atoms with Gasteiger partial charge >= 0.3 is 0 Å². The van der Waals surface area contributed by atoms with E-state index >= 15 is 0 Å². The number of nitrogens with one attached hydrogen (secondary N) is 1. The van der Waals surface area contributed by atoms with Crippen LogP contribution >= 0.6 is 0 Å². The Bertz CT molecular complexity index is 870. The van der Waals surface area contributed by atoms with Crippen LogP contribution in [0.15, 0.2) is 48.5 Å². The molecule has 3 N–H and O–H groups in total. The lowest BCUT2D eigenvalue weighted by molar-refractivity contribution is 0.402. The highest BCUT2D eigenvalue weighted by Crippen LogP contribution is 2.39. The molecule has 22 heavy (non-hydrogen) atoms. The zero-order chi connectivity index (χ0) is 15.3. The minimum atomic E-state index is -0.231. The number of aromatic hydroxyl groups is 2. The summed E-state index contributed by atoms with van der Waals surface area (Å²) in [7, 11) is 0. The Kier molecular flexibility index (Phi) is 2.63. The average Bonchev–Trinajstić information content (AvgIpc) is 2.91. The lowest BCUT2D eigenvalue weighted by atomic mass is 10.0. The van der Waals surface area contributed by atoms with Crippen LogP contribution in [0.3, 0.4) is 0 Å². The van der Waals surface area contributed by atoms with Crippen LogP contribution in [0.25, 0.3) is 11.3 Å². The third-order valence-electron chi connectivity index (χ3n) is 3.91. The van der Waals surface area contributed by atoms with E-state index in [0.29, 0.717) is 0 Å². The fraction of sp³-hybridized carbons (Fsp3) is 0.118. The van der Waals surface area contributed by atoms with Crippen LogP contribution in [-0.2, 0) is 0 Å². The summed E-state index contributed by atoms with van der Waals surface area (Å²) in [5, 5.41) is 27.3. The first kappa shape index (κ1) is 12.8. The fourth-order valence-corrected chi connectivity index (χ4v) is 2.89. The predicted octanol–water partition coefficient (Wildman–Crippen LogP) is 3.24. The number of anilines is 1. The molecule has 2 heterocycles. The number of benzene rings is 2. The molecule has 0 amide bonds. The first-order valence-corrected chi connectivity index (χ1v) is 7.07. The lowest BCUT2D eigenvalue weighted by Gasteiger charge is -2.29. The van der Waals surface area contributed by atoms with Crippen LogP contribution in [0.2, 0.25) is 0 Å². The molecule has 0 fully saturated rings. The second kappa shape index (κ2) is 4.53. The van der Waals surface area contributed by atoms with E-state index in [1.807, 2.05) is 35.9 Å². The minimum Gasteiger partial charge on any atom is -0.504 e. The second-order valence-electron chi connectivity index (χ2n) is 5.46. The smallest absolute Gasteiger partial charge is 0.157 e. The maximum atomic E-state index is 9.77. The molecular weight excluding hydrogens is 278 g/mol. The van der Waals surface area contributed by atoms with Crippen molar-refractivity contribution in [3.05, 3.63) is 59.8 Å². The van der Waals surface area contributed by atoms with Gasteiger partial charge in [-0.15, -0.1) is 0 Å². The van der Waals surface area contributed by atoms with E-state index in [-0.39, 0.29) is 17.7 Å². The summed E-state index contributed by atoms with van der Waals surface area (Å²) < 4.78 is 1.91. The number of rotatable bonds is 1. The summed E-state index contributed by atoms with van der Waals surface area (Å²) in [5.41, 5.74) is 4.91. The van der Waals surface area contributed by atoms with Gasteiger partial charge in [-0.05, 0) is 31.2 Å². The van der Waals surface area contributed by atoms with Crippen LogP contribution in [0.1, 0.15) is 17.4 Å². The first-order valence-electron chi connectivity index (χ1n) is 7.07. The number of hydrogen-bond donors (Lipinski definition) is 3. The monoisotopic (exact) mass is 293 g/mol. The fourth-order valence-electron chi connectivity index (χ4n) is 2.89. The molecule has 0 unspecified atom stereocenters. The largest absolute Gasteiger partial charge is 0.504 e. The molecule has 1 aliphatic rings. The molecule has 5 nitrogen and oxygen atoms in total. The van der Waals surface area contributed by atoms with Crippen molar-refractivity contribution in [3.63, 3.8) is 0 Å². The van der Waals surface area contributed by atoms with Crippen molar-refractivity contribution >= 4 is 5.69 Å². The summed E-state index contributed by atoms with van der Waals surface area (Å²) >= 11 is 0. The molecule has 110 valence electrons. The molecule has 1 atom stereocenters. The molecule has 0 radical (unpaired) electrons. The normalized spacial score (nSPS) is 15.8. The average molecular weight is 293 g/mol. The van der Waals surface area contributed by atoms with E-state index in [9.17, 15) is 10.2 Å². The molecule has 0 saturated heterocycles. The summed E-state index contributed by atoms with van der Waals surface area (Å²) in [5.74, 6) is -0.264. The standard InChI is InChI=1S/C17H15N3O2/c1-10-8-14-12-4-2-3-5-13(12)18-17(20(14)19-10)11-6-7-15(21)16(22)9-11/h2-9,17-18,21-22H,1H3/t17-/m1/s1. The van der Waals surface area contributed by atoms with Gasteiger partial charge in [0.1, 0.15) is 6.17 Å². The molecule has 0 spiro atoms. The van der Waals surface area contributed by atoms with Crippen molar-refractivity contribution in [1.82, 2.24) is 9.78 Å². The highest BCUT2D eigenvalue weighted by Gasteiger charge is 2.26. The van der Waals surface area contributed by atoms with E-state index in [1.54, 1.807) is 12.1 Å². The number of hydrogen-bond acceptors (Lipinski definition) is 4. The third kappa shape index (κ3) is 1.83. The van der Waals surface area contributed by atoms with Crippen molar-refractivity contribution in [2.24, 2.45) is 0 Å². The summed E-state index contributed by atoms with van der Waals surface area (Å²) in [6.07, 6.45) is -0.231. The van der Waals surface area contributed by atoms with Gasteiger partial charge < -0.3 is 15.5 Å². The number of nitrogens with zero attached hydrogens (tertiary/aromatic N) is 2. The van der Waals surface area contributed by atoms with Crippen LogP contribution in [-0.4, -0.2) is 20.0 Å². The van der Waals surface area contributed by atoms with E-state index in [2.05, 4.69) is 16.5 Å².